The normalized spacial score (nSPS) is 12.4. The van der Waals surface area contributed by atoms with Crippen molar-refractivity contribution in [3.63, 3.8) is 0 Å². The zero-order valence-electron chi connectivity index (χ0n) is 13.4. The van der Waals surface area contributed by atoms with E-state index in [0.717, 1.165) is 27.9 Å². The molecule has 4 rings (SSSR count). The van der Waals surface area contributed by atoms with Crippen LogP contribution in [0, 0.1) is 5.82 Å². The molecule has 0 aliphatic heterocycles. The lowest BCUT2D eigenvalue weighted by molar-refractivity contribution is 0.250. The van der Waals surface area contributed by atoms with Gasteiger partial charge in [0.05, 0.1) is 18.2 Å². The van der Waals surface area contributed by atoms with Crippen molar-refractivity contribution >= 4 is 10.9 Å². The topological polar surface area (TPSA) is 50.9 Å². The quantitative estimate of drug-likeness (QED) is 0.618. The van der Waals surface area contributed by atoms with Gasteiger partial charge in [-0.05, 0) is 29.8 Å². The Hall–Kier alpha value is -3.05. The molecule has 0 saturated heterocycles. The van der Waals surface area contributed by atoms with Crippen LogP contribution in [0.3, 0.4) is 0 Å². The van der Waals surface area contributed by atoms with Gasteiger partial charge in [0.25, 0.3) is 0 Å². The average Bonchev–Trinajstić information content (AvgIpc) is 3.12. The molecule has 2 heterocycles. The molecule has 2 aromatic carbocycles. The first-order valence-corrected chi connectivity index (χ1v) is 8.01. The minimum absolute atomic E-state index is 0.113. The van der Waals surface area contributed by atoms with E-state index in [1.54, 1.807) is 24.5 Å². The first kappa shape index (κ1) is 15.5. The fourth-order valence-corrected chi connectivity index (χ4v) is 3.11. The molecule has 1 N–H and O–H groups in total. The molecule has 0 aliphatic rings. The van der Waals surface area contributed by atoms with E-state index in [-0.39, 0.29) is 18.5 Å². The molecule has 0 saturated carbocycles. The predicted octanol–water partition coefficient (Wildman–Crippen LogP) is 3.82. The maximum Gasteiger partial charge on any atom is 0.141 e. The Labute approximate surface area is 144 Å². The largest absolute Gasteiger partial charge is 0.394 e. The van der Waals surface area contributed by atoms with Gasteiger partial charge in [-0.25, -0.2) is 9.37 Å². The van der Waals surface area contributed by atoms with Crippen molar-refractivity contribution in [2.45, 2.75) is 6.04 Å². The van der Waals surface area contributed by atoms with Crippen LogP contribution in [0.1, 0.15) is 11.6 Å². The molecule has 0 amide bonds. The smallest absolute Gasteiger partial charge is 0.141 e. The van der Waals surface area contributed by atoms with E-state index < -0.39 is 0 Å². The number of imidazole rings is 1. The summed E-state index contributed by atoms with van der Waals surface area (Å²) in [5.41, 5.74) is 2.65. The van der Waals surface area contributed by atoms with Gasteiger partial charge in [-0.3, -0.25) is 4.98 Å². The molecule has 0 aliphatic carbocycles. The highest BCUT2D eigenvalue weighted by Crippen LogP contribution is 2.30. The van der Waals surface area contributed by atoms with Gasteiger partial charge < -0.3 is 9.67 Å². The number of fused-ring (bicyclic) bond motifs is 1. The predicted molar refractivity (Wildman–Crippen MR) is 94.6 cm³/mol. The van der Waals surface area contributed by atoms with Crippen LogP contribution >= 0.6 is 0 Å². The number of pyridine rings is 1. The average molecular weight is 333 g/mol. The Morgan fingerprint density at radius 3 is 2.60 bits per heavy atom. The van der Waals surface area contributed by atoms with E-state index in [0.29, 0.717) is 0 Å². The second kappa shape index (κ2) is 6.45. The molecule has 0 radical (unpaired) electrons. The van der Waals surface area contributed by atoms with Gasteiger partial charge in [-0.2, -0.15) is 0 Å². The number of hydrogen-bond acceptors (Lipinski definition) is 3. The van der Waals surface area contributed by atoms with E-state index >= 15 is 0 Å². The van der Waals surface area contributed by atoms with Crippen LogP contribution in [0.5, 0.6) is 0 Å². The number of hydrogen-bond donors (Lipinski definition) is 1. The van der Waals surface area contributed by atoms with E-state index in [1.807, 2.05) is 41.1 Å². The molecule has 4 nitrogen and oxygen atoms in total. The van der Waals surface area contributed by atoms with E-state index in [2.05, 4.69) is 9.97 Å². The molecule has 0 spiro atoms. The molecule has 124 valence electrons. The monoisotopic (exact) mass is 333 g/mol. The summed E-state index contributed by atoms with van der Waals surface area (Å²) in [4.78, 5) is 8.88. The summed E-state index contributed by atoms with van der Waals surface area (Å²) in [6.07, 6.45) is 5.29. The molecule has 5 heteroatoms. The molecule has 0 fully saturated rings. The van der Waals surface area contributed by atoms with E-state index in [9.17, 15) is 9.50 Å². The number of rotatable bonds is 4. The molecule has 0 bridgehead atoms. The van der Waals surface area contributed by atoms with Crippen molar-refractivity contribution in [2.24, 2.45) is 0 Å². The Balaban J connectivity index is 1.86. The summed E-state index contributed by atoms with van der Waals surface area (Å²) < 4.78 is 15.1. The molecule has 25 heavy (non-hydrogen) atoms. The fourth-order valence-electron chi connectivity index (χ4n) is 3.11. The highest BCUT2D eigenvalue weighted by molar-refractivity contribution is 5.92. The van der Waals surface area contributed by atoms with Crippen molar-refractivity contribution in [3.8, 4) is 11.4 Å². The van der Waals surface area contributed by atoms with Gasteiger partial charge in [0.1, 0.15) is 11.6 Å². The Morgan fingerprint density at radius 1 is 0.960 bits per heavy atom. The number of halogens is 1. The van der Waals surface area contributed by atoms with Crippen molar-refractivity contribution in [1.29, 1.82) is 0 Å². The van der Waals surface area contributed by atoms with Crippen molar-refractivity contribution in [2.75, 3.05) is 6.61 Å². The Bertz CT molecular complexity index is 1010. The third kappa shape index (κ3) is 2.79. The van der Waals surface area contributed by atoms with Crippen LogP contribution in [0.2, 0.25) is 0 Å². The van der Waals surface area contributed by atoms with Gasteiger partial charge in [0, 0.05) is 29.5 Å². The zero-order valence-corrected chi connectivity index (χ0v) is 13.4. The van der Waals surface area contributed by atoms with Crippen LogP contribution < -0.4 is 0 Å². The second-order valence-corrected chi connectivity index (χ2v) is 5.78. The second-order valence-electron chi connectivity index (χ2n) is 5.78. The fraction of sp³-hybridized carbons (Fsp3) is 0.100. The molecular formula is C20H16FN3O. The van der Waals surface area contributed by atoms with E-state index in [1.165, 1.54) is 12.1 Å². The molecule has 1 atom stereocenters. The number of aliphatic hydroxyl groups excluding tert-OH is 1. The maximum atomic E-state index is 13.2. The minimum Gasteiger partial charge on any atom is -0.394 e. The van der Waals surface area contributed by atoms with Crippen LogP contribution in [-0.2, 0) is 0 Å². The maximum absolute atomic E-state index is 13.2. The lowest BCUT2D eigenvalue weighted by Gasteiger charge is -2.20. The summed E-state index contributed by atoms with van der Waals surface area (Å²) in [6.45, 7) is -0.113. The van der Waals surface area contributed by atoms with Crippen molar-refractivity contribution < 1.29 is 9.50 Å². The summed E-state index contributed by atoms with van der Waals surface area (Å²) in [5, 5.41) is 10.9. The first-order chi connectivity index (χ1) is 12.3. The van der Waals surface area contributed by atoms with Gasteiger partial charge >= 0.3 is 0 Å². The third-order valence-electron chi connectivity index (χ3n) is 4.32. The highest BCUT2D eigenvalue weighted by atomic mass is 19.1. The van der Waals surface area contributed by atoms with Crippen molar-refractivity contribution in [3.05, 3.63) is 84.6 Å². The van der Waals surface area contributed by atoms with Gasteiger partial charge in [-0.15, -0.1) is 0 Å². The third-order valence-corrected chi connectivity index (χ3v) is 4.32. The first-order valence-electron chi connectivity index (χ1n) is 8.01. The summed E-state index contributed by atoms with van der Waals surface area (Å²) in [7, 11) is 0. The van der Waals surface area contributed by atoms with Crippen LogP contribution in [-0.4, -0.2) is 26.2 Å². The van der Waals surface area contributed by atoms with Gasteiger partial charge in [0.15, 0.2) is 0 Å². The van der Waals surface area contributed by atoms with E-state index in [4.69, 9.17) is 0 Å². The molecule has 2 aromatic heterocycles. The molecular weight excluding hydrogens is 317 g/mol. The van der Waals surface area contributed by atoms with Crippen LogP contribution in [0.15, 0.2) is 73.2 Å². The lowest BCUT2D eigenvalue weighted by Crippen LogP contribution is -2.15. The summed E-state index contributed by atoms with van der Waals surface area (Å²) in [5.74, 6) is 0.438. The SMILES string of the molecule is OCC(c1ccc(F)cc1)n1ccnc1-c1cccc2ncccc12. The minimum atomic E-state index is -0.343. The lowest BCUT2D eigenvalue weighted by atomic mass is 10.0. The number of nitrogens with zero attached hydrogens (tertiary/aromatic N) is 3. The standard InChI is InChI=1S/C20H16FN3O/c21-15-8-6-14(7-9-15)19(13-25)24-12-11-23-20(24)17-3-1-5-18-16(17)4-2-10-22-18/h1-12,19,25H,13H2. The van der Waals surface area contributed by atoms with Gasteiger partial charge in [0.2, 0.25) is 0 Å². The highest BCUT2D eigenvalue weighted by Gasteiger charge is 2.18. The number of aromatic nitrogens is 3. The number of aliphatic hydroxyl groups is 1. The van der Waals surface area contributed by atoms with Crippen LogP contribution in [0.4, 0.5) is 4.39 Å². The summed E-state index contributed by atoms with van der Waals surface area (Å²) >= 11 is 0. The Kier molecular flexibility index (Phi) is 3.99. The zero-order chi connectivity index (χ0) is 17.2. The van der Waals surface area contributed by atoms with Gasteiger partial charge in [-0.1, -0.05) is 30.3 Å². The van der Waals surface area contributed by atoms with Crippen molar-refractivity contribution in [1.82, 2.24) is 14.5 Å². The number of benzene rings is 2. The summed E-state index contributed by atoms with van der Waals surface area (Å²) in [6, 6.07) is 15.6. The Morgan fingerprint density at radius 2 is 1.80 bits per heavy atom. The van der Waals surface area contributed by atoms with Crippen LogP contribution in [0.25, 0.3) is 22.3 Å². The molecule has 1 unspecified atom stereocenters. The molecule has 4 aromatic rings.